The summed E-state index contributed by atoms with van der Waals surface area (Å²) in [7, 11) is 1.57. The quantitative estimate of drug-likeness (QED) is 0.665. The summed E-state index contributed by atoms with van der Waals surface area (Å²) >= 11 is 3.37. The molecule has 0 unspecified atom stereocenters. The molecule has 0 fully saturated rings. The topological polar surface area (TPSA) is 62.1 Å². The normalized spacial score (nSPS) is 10.7. The second-order valence-corrected chi connectivity index (χ2v) is 5.24. The molecule has 0 aliphatic heterocycles. The van der Waals surface area contributed by atoms with Gasteiger partial charge in [0.05, 0.1) is 11.6 Å². The summed E-state index contributed by atoms with van der Waals surface area (Å²) in [6.07, 6.45) is 1.53. The van der Waals surface area contributed by atoms with E-state index in [4.69, 9.17) is 4.74 Å². The van der Waals surface area contributed by atoms with E-state index in [1.807, 2.05) is 24.3 Å². The van der Waals surface area contributed by atoms with Gasteiger partial charge in [0.2, 0.25) is 0 Å². The second kappa shape index (κ2) is 7.43. The molecular formula is C17H13BrN2O2. The lowest BCUT2D eigenvalue weighted by Gasteiger charge is -2.05. The maximum Gasteiger partial charge on any atom is 0.266 e. The number of ether oxygens (including phenoxy) is 1. The standard InChI is InChI=1S/C17H13BrN2O2/c1-22-16-8-7-12(10-15(16)18)9-13(11-19)17(21)20-14-5-3-2-4-6-14/h2-10H,1H3,(H,20,21). The van der Waals surface area contributed by atoms with Gasteiger partial charge in [-0.3, -0.25) is 4.79 Å². The molecule has 0 saturated heterocycles. The smallest absolute Gasteiger partial charge is 0.266 e. The van der Waals surface area contributed by atoms with Crippen LogP contribution in [0.15, 0.2) is 58.6 Å². The number of anilines is 1. The summed E-state index contributed by atoms with van der Waals surface area (Å²) in [6, 6.07) is 16.2. The van der Waals surface area contributed by atoms with Crippen molar-refractivity contribution in [3.63, 3.8) is 0 Å². The Morgan fingerprint density at radius 3 is 2.59 bits per heavy atom. The number of nitriles is 1. The SMILES string of the molecule is COc1ccc(C=C(C#N)C(=O)Nc2ccccc2)cc1Br. The Hall–Kier alpha value is -2.58. The number of benzene rings is 2. The maximum absolute atomic E-state index is 12.1. The fraction of sp³-hybridized carbons (Fsp3) is 0.0588. The van der Waals surface area contributed by atoms with E-state index >= 15 is 0 Å². The average molecular weight is 357 g/mol. The van der Waals surface area contributed by atoms with Crippen molar-refractivity contribution >= 4 is 33.6 Å². The van der Waals surface area contributed by atoms with Crippen LogP contribution in [-0.4, -0.2) is 13.0 Å². The van der Waals surface area contributed by atoms with Gasteiger partial charge < -0.3 is 10.1 Å². The van der Waals surface area contributed by atoms with Gasteiger partial charge in [0.15, 0.2) is 0 Å². The van der Waals surface area contributed by atoms with Crippen LogP contribution >= 0.6 is 15.9 Å². The van der Waals surface area contributed by atoms with Gasteiger partial charge in [-0.25, -0.2) is 0 Å². The van der Waals surface area contributed by atoms with Gasteiger partial charge in [0, 0.05) is 5.69 Å². The molecule has 4 nitrogen and oxygen atoms in total. The van der Waals surface area contributed by atoms with Crippen molar-refractivity contribution in [3.8, 4) is 11.8 Å². The Kier molecular flexibility index (Phi) is 5.34. The molecule has 2 rings (SSSR count). The zero-order valence-electron chi connectivity index (χ0n) is 11.8. The van der Waals surface area contributed by atoms with E-state index in [0.29, 0.717) is 11.4 Å². The number of hydrogen-bond acceptors (Lipinski definition) is 3. The molecule has 0 saturated carbocycles. The summed E-state index contributed by atoms with van der Waals surface area (Å²) in [5, 5.41) is 11.9. The molecule has 0 heterocycles. The number of carbonyl (C=O) groups excluding carboxylic acids is 1. The van der Waals surface area contributed by atoms with E-state index in [-0.39, 0.29) is 5.57 Å². The van der Waals surface area contributed by atoms with Crippen molar-refractivity contribution in [2.45, 2.75) is 0 Å². The minimum absolute atomic E-state index is 0.0286. The van der Waals surface area contributed by atoms with Crippen LogP contribution in [0.25, 0.3) is 6.08 Å². The van der Waals surface area contributed by atoms with Crippen LogP contribution in [-0.2, 0) is 4.79 Å². The van der Waals surface area contributed by atoms with Crippen molar-refractivity contribution in [1.29, 1.82) is 5.26 Å². The van der Waals surface area contributed by atoms with Crippen LogP contribution in [0.2, 0.25) is 0 Å². The number of hydrogen-bond donors (Lipinski definition) is 1. The van der Waals surface area contributed by atoms with Gasteiger partial charge in [0.1, 0.15) is 17.4 Å². The molecule has 0 aromatic heterocycles. The Labute approximate surface area is 137 Å². The first kappa shape index (κ1) is 15.8. The molecule has 22 heavy (non-hydrogen) atoms. The fourth-order valence-corrected chi connectivity index (χ4v) is 2.37. The van der Waals surface area contributed by atoms with Crippen LogP contribution < -0.4 is 10.1 Å². The first-order chi connectivity index (χ1) is 10.6. The molecule has 0 bridgehead atoms. The van der Waals surface area contributed by atoms with Crippen molar-refractivity contribution in [2.24, 2.45) is 0 Å². The predicted molar refractivity (Wildman–Crippen MR) is 89.4 cm³/mol. The zero-order chi connectivity index (χ0) is 15.9. The third-order valence-corrected chi connectivity index (χ3v) is 3.50. The van der Waals surface area contributed by atoms with Crippen LogP contribution in [0, 0.1) is 11.3 Å². The Bertz CT molecular complexity index is 749. The minimum atomic E-state index is -0.444. The number of nitrogens with zero attached hydrogens (tertiary/aromatic N) is 1. The van der Waals surface area contributed by atoms with Gasteiger partial charge in [0.25, 0.3) is 5.91 Å². The lowest BCUT2D eigenvalue weighted by Crippen LogP contribution is -2.13. The number of methoxy groups -OCH3 is 1. The number of amides is 1. The lowest BCUT2D eigenvalue weighted by molar-refractivity contribution is -0.112. The van der Waals surface area contributed by atoms with Gasteiger partial charge in [-0.2, -0.15) is 5.26 Å². The highest BCUT2D eigenvalue weighted by molar-refractivity contribution is 9.10. The summed E-state index contributed by atoms with van der Waals surface area (Å²) in [4.78, 5) is 12.1. The van der Waals surface area contributed by atoms with Crippen molar-refractivity contribution in [1.82, 2.24) is 0 Å². The van der Waals surface area contributed by atoms with E-state index in [1.165, 1.54) is 6.08 Å². The Morgan fingerprint density at radius 1 is 1.27 bits per heavy atom. The van der Waals surface area contributed by atoms with E-state index in [2.05, 4.69) is 21.2 Å². The van der Waals surface area contributed by atoms with Crippen molar-refractivity contribution in [3.05, 3.63) is 64.1 Å². The molecule has 0 radical (unpaired) electrons. The number of nitrogens with one attached hydrogen (secondary N) is 1. The van der Waals surface area contributed by atoms with Crippen molar-refractivity contribution in [2.75, 3.05) is 12.4 Å². The van der Waals surface area contributed by atoms with Crippen molar-refractivity contribution < 1.29 is 9.53 Å². The average Bonchev–Trinajstić information content (AvgIpc) is 2.53. The summed E-state index contributed by atoms with van der Waals surface area (Å²) in [5.41, 5.74) is 1.40. The monoisotopic (exact) mass is 356 g/mol. The molecule has 110 valence electrons. The number of carbonyl (C=O) groups is 1. The first-order valence-corrected chi connectivity index (χ1v) is 7.25. The van der Waals surface area contributed by atoms with Crippen LogP contribution in [0.1, 0.15) is 5.56 Å². The Balaban J connectivity index is 2.22. The number of para-hydroxylation sites is 1. The van der Waals surface area contributed by atoms with Gasteiger partial charge in [-0.05, 0) is 51.8 Å². The van der Waals surface area contributed by atoms with Gasteiger partial charge in [-0.15, -0.1) is 0 Å². The summed E-state index contributed by atoms with van der Waals surface area (Å²) in [6.45, 7) is 0. The highest BCUT2D eigenvalue weighted by atomic mass is 79.9. The molecule has 1 amide bonds. The van der Waals surface area contributed by atoms with Crippen LogP contribution in [0.4, 0.5) is 5.69 Å². The Morgan fingerprint density at radius 2 is 2.00 bits per heavy atom. The lowest BCUT2D eigenvalue weighted by atomic mass is 10.1. The second-order valence-electron chi connectivity index (χ2n) is 4.38. The van der Waals surface area contributed by atoms with E-state index < -0.39 is 5.91 Å². The van der Waals surface area contributed by atoms with Gasteiger partial charge in [-0.1, -0.05) is 24.3 Å². The molecular weight excluding hydrogens is 344 g/mol. The zero-order valence-corrected chi connectivity index (χ0v) is 13.4. The van der Waals surface area contributed by atoms with E-state index in [0.717, 1.165) is 10.0 Å². The first-order valence-electron chi connectivity index (χ1n) is 6.46. The largest absolute Gasteiger partial charge is 0.496 e. The number of rotatable bonds is 4. The molecule has 5 heteroatoms. The number of halogens is 1. The molecule has 0 spiro atoms. The summed E-state index contributed by atoms with van der Waals surface area (Å²) < 4.78 is 5.90. The molecule has 0 aliphatic rings. The maximum atomic E-state index is 12.1. The van der Waals surface area contributed by atoms with Crippen LogP contribution in [0.3, 0.4) is 0 Å². The molecule has 2 aromatic rings. The highest BCUT2D eigenvalue weighted by Crippen LogP contribution is 2.26. The third-order valence-electron chi connectivity index (χ3n) is 2.88. The van der Waals surface area contributed by atoms with Crippen LogP contribution in [0.5, 0.6) is 5.75 Å². The van der Waals surface area contributed by atoms with E-state index in [9.17, 15) is 10.1 Å². The molecule has 1 N–H and O–H groups in total. The molecule has 2 aromatic carbocycles. The van der Waals surface area contributed by atoms with E-state index in [1.54, 1.807) is 37.4 Å². The fourth-order valence-electron chi connectivity index (χ4n) is 1.81. The molecule has 0 aliphatic carbocycles. The predicted octanol–water partition coefficient (Wildman–Crippen LogP) is 4.00. The third kappa shape index (κ3) is 3.96. The minimum Gasteiger partial charge on any atom is -0.496 e. The highest BCUT2D eigenvalue weighted by Gasteiger charge is 2.10. The van der Waals surface area contributed by atoms with Gasteiger partial charge >= 0.3 is 0 Å². The summed E-state index contributed by atoms with van der Waals surface area (Å²) in [5.74, 6) is 0.241. The molecule has 0 atom stereocenters.